The molecule has 1 fully saturated rings. The molecule has 1 aliphatic heterocycles. The van der Waals surface area contributed by atoms with Crippen LogP contribution in [-0.2, 0) is 11.3 Å². The molecule has 154 valence electrons. The van der Waals surface area contributed by atoms with E-state index in [0.29, 0.717) is 24.3 Å². The predicted octanol–water partition coefficient (Wildman–Crippen LogP) is 4.00. The fourth-order valence-corrected chi connectivity index (χ4v) is 4.70. The van der Waals surface area contributed by atoms with Crippen molar-refractivity contribution in [2.75, 3.05) is 19.6 Å². The molecule has 0 saturated carbocycles. The Morgan fingerprint density at radius 3 is 2.90 bits per heavy atom. The second-order valence-corrected chi connectivity index (χ2v) is 8.50. The molecular formula is C20H25N5O2S2. The van der Waals surface area contributed by atoms with Crippen LogP contribution in [0.15, 0.2) is 40.3 Å². The van der Waals surface area contributed by atoms with E-state index in [1.54, 1.807) is 17.6 Å². The highest BCUT2D eigenvalue weighted by Gasteiger charge is 2.25. The third-order valence-corrected chi connectivity index (χ3v) is 6.44. The molecule has 0 spiro atoms. The summed E-state index contributed by atoms with van der Waals surface area (Å²) in [4.78, 5) is 16.0. The van der Waals surface area contributed by atoms with E-state index in [2.05, 4.69) is 20.4 Å². The van der Waals surface area contributed by atoms with Gasteiger partial charge in [-0.3, -0.25) is 19.4 Å². The fraction of sp³-hybridized carbons (Fsp3) is 0.450. The van der Waals surface area contributed by atoms with Crippen molar-refractivity contribution in [2.45, 2.75) is 38.3 Å². The number of piperidine rings is 1. The highest BCUT2D eigenvalue weighted by molar-refractivity contribution is 7.71. The number of thiophene rings is 1. The number of nitrogens with zero attached hydrogens (tertiary/aromatic N) is 3. The lowest BCUT2D eigenvalue weighted by atomic mass is 10.1. The van der Waals surface area contributed by atoms with Gasteiger partial charge in [0.2, 0.25) is 5.91 Å². The zero-order valence-electron chi connectivity index (χ0n) is 16.2. The number of rotatable bonds is 8. The number of hydrogen-bond acceptors (Lipinski definition) is 6. The summed E-state index contributed by atoms with van der Waals surface area (Å²) in [5.41, 5.74) is 0. The van der Waals surface area contributed by atoms with E-state index in [-0.39, 0.29) is 11.9 Å². The highest BCUT2D eigenvalue weighted by Crippen LogP contribution is 2.25. The van der Waals surface area contributed by atoms with Gasteiger partial charge in [-0.2, -0.15) is 5.10 Å². The number of aromatic amines is 1. The van der Waals surface area contributed by atoms with E-state index in [4.69, 9.17) is 16.6 Å². The number of likely N-dealkylation sites (tertiary alicyclic amines) is 1. The summed E-state index contributed by atoms with van der Waals surface area (Å²) >= 11 is 6.94. The molecule has 7 nitrogen and oxygen atoms in total. The molecule has 0 bridgehead atoms. The summed E-state index contributed by atoms with van der Waals surface area (Å²) in [5.74, 6) is 1.68. The standard InChI is InChI=1S/C20H25N5O2S2/c26-18(8-11-25-19(22-23-20(25)28)17-7-5-13-29-17)21-14-15(16-6-4-12-27-16)24-9-2-1-3-10-24/h4-7,12-13,15H,1-3,8-11,14H2,(H,21,26)(H,23,28). The zero-order valence-corrected chi connectivity index (χ0v) is 17.8. The summed E-state index contributed by atoms with van der Waals surface area (Å²) in [6.45, 7) is 3.11. The summed E-state index contributed by atoms with van der Waals surface area (Å²) in [5, 5.41) is 12.2. The minimum absolute atomic E-state index is 0.00112. The van der Waals surface area contributed by atoms with Crippen molar-refractivity contribution in [1.82, 2.24) is 25.0 Å². The first-order valence-corrected chi connectivity index (χ1v) is 11.2. The molecule has 9 heteroatoms. The van der Waals surface area contributed by atoms with Crippen LogP contribution in [0.25, 0.3) is 10.7 Å². The largest absolute Gasteiger partial charge is 0.468 e. The molecule has 3 aromatic heterocycles. The van der Waals surface area contributed by atoms with Crippen LogP contribution in [0.5, 0.6) is 0 Å². The quantitative estimate of drug-likeness (QED) is 0.527. The van der Waals surface area contributed by atoms with Crippen LogP contribution in [0.4, 0.5) is 0 Å². The Bertz CT molecular complexity index is 956. The second kappa shape index (κ2) is 9.51. The van der Waals surface area contributed by atoms with Crippen LogP contribution in [0.3, 0.4) is 0 Å². The monoisotopic (exact) mass is 431 g/mol. The van der Waals surface area contributed by atoms with Crippen LogP contribution in [0, 0.1) is 4.77 Å². The lowest BCUT2D eigenvalue weighted by Crippen LogP contribution is -2.40. The van der Waals surface area contributed by atoms with Crippen LogP contribution in [-0.4, -0.2) is 45.2 Å². The van der Waals surface area contributed by atoms with Gasteiger partial charge in [0, 0.05) is 19.5 Å². The minimum Gasteiger partial charge on any atom is -0.468 e. The summed E-state index contributed by atoms with van der Waals surface area (Å²) < 4.78 is 8.07. The number of nitrogens with one attached hydrogen (secondary N) is 2. The Kier molecular flexibility index (Phi) is 6.58. The Balaban J connectivity index is 1.36. The maximum Gasteiger partial charge on any atom is 0.221 e. The van der Waals surface area contributed by atoms with Gasteiger partial charge in [0.1, 0.15) is 5.76 Å². The Morgan fingerprint density at radius 1 is 1.31 bits per heavy atom. The summed E-state index contributed by atoms with van der Waals surface area (Å²) in [6, 6.07) is 7.94. The second-order valence-electron chi connectivity index (χ2n) is 7.16. The number of H-pyrrole nitrogens is 1. The van der Waals surface area contributed by atoms with Gasteiger partial charge >= 0.3 is 0 Å². The maximum atomic E-state index is 12.6. The lowest BCUT2D eigenvalue weighted by Gasteiger charge is -2.33. The molecule has 1 saturated heterocycles. The molecule has 1 atom stereocenters. The maximum absolute atomic E-state index is 12.6. The van der Waals surface area contributed by atoms with Crippen molar-refractivity contribution in [2.24, 2.45) is 0 Å². The molecule has 3 aromatic rings. The van der Waals surface area contributed by atoms with Gasteiger partial charge in [0.05, 0.1) is 17.2 Å². The Morgan fingerprint density at radius 2 is 2.17 bits per heavy atom. The van der Waals surface area contributed by atoms with Crippen molar-refractivity contribution in [3.63, 3.8) is 0 Å². The summed E-state index contributed by atoms with van der Waals surface area (Å²) in [6.07, 6.45) is 5.69. The number of hydrogen-bond donors (Lipinski definition) is 2. The SMILES string of the molecule is O=C(CCn1c(-c2cccs2)n[nH]c1=S)NCC(c1ccco1)N1CCCCC1. The number of aromatic nitrogens is 3. The smallest absolute Gasteiger partial charge is 0.221 e. The molecule has 0 aliphatic carbocycles. The number of amides is 1. The third kappa shape index (κ3) is 4.85. The first-order chi connectivity index (χ1) is 14.2. The zero-order chi connectivity index (χ0) is 20.1. The molecule has 1 amide bonds. The number of carbonyl (C=O) groups excluding carboxylic acids is 1. The normalized spacial score (nSPS) is 16.0. The Hall–Kier alpha value is -2.23. The van der Waals surface area contributed by atoms with E-state index in [0.717, 1.165) is 29.6 Å². The van der Waals surface area contributed by atoms with Crippen molar-refractivity contribution >= 4 is 29.5 Å². The van der Waals surface area contributed by atoms with E-state index in [1.807, 2.05) is 34.2 Å². The number of carbonyl (C=O) groups is 1. The molecule has 1 unspecified atom stereocenters. The van der Waals surface area contributed by atoms with Gasteiger partial charge < -0.3 is 9.73 Å². The first-order valence-electron chi connectivity index (χ1n) is 9.95. The van der Waals surface area contributed by atoms with Crippen molar-refractivity contribution < 1.29 is 9.21 Å². The van der Waals surface area contributed by atoms with E-state index >= 15 is 0 Å². The van der Waals surface area contributed by atoms with Gasteiger partial charge in [-0.1, -0.05) is 12.5 Å². The number of furan rings is 1. The van der Waals surface area contributed by atoms with Crippen molar-refractivity contribution in [1.29, 1.82) is 0 Å². The third-order valence-electron chi connectivity index (χ3n) is 5.26. The molecule has 2 N–H and O–H groups in total. The minimum atomic E-state index is -0.00112. The molecule has 4 rings (SSSR count). The topological polar surface area (TPSA) is 79.1 Å². The molecular weight excluding hydrogens is 406 g/mol. The molecule has 0 aromatic carbocycles. The van der Waals surface area contributed by atoms with E-state index < -0.39 is 0 Å². The van der Waals surface area contributed by atoms with Gasteiger partial charge in [-0.25, -0.2) is 0 Å². The van der Waals surface area contributed by atoms with E-state index in [9.17, 15) is 4.79 Å². The molecule has 29 heavy (non-hydrogen) atoms. The fourth-order valence-electron chi connectivity index (χ4n) is 3.75. The average molecular weight is 432 g/mol. The van der Waals surface area contributed by atoms with Crippen LogP contribution < -0.4 is 5.32 Å². The highest BCUT2D eigenvalue weighted by atomic mass is 32.1. The molecule has 1 aliphatic rings. The van der Waals surface area contributed by atoms with Gasteiger partial charge in [-0.05, 0) is 61.7 Å². The summed E-state index contributed by atoms with van der Waals surface area (Å²) in [7, 11) is 0. The van der Waals surface area contributed by atoms with Crippen LogP contribution >= 0.6 is 23.6 Å². The molecule has 4 heterocycles. The van der Waals surface area contributed by atoms with Gasteiger partial charge in [0.25, 0.3) is 0 Å². The van der Waals surface area contributed by atoms with Gasteiger partial charge in [0.15, 0.2) is 10.6 Å². The lowest BCUT2D eigenvalue weighted by molar-refractivity contribution is -0.121. The van der Waals surface area contributed by atoms with E-state index in [1.165, 1.54) is 19.3 Å². The first kappa shape index (κ1) is 20.1. The molecule has 0 radical (unpaired) electrons. The van der Waals surface area contributed by atoms with Crippen molar-refractivity contribution in [3.8, 4) is 10.7 Å². The van der Waals surface area contributed by atoms with Gasteiger partial charge in [-0.15, -0.1) is 11.3 Å². The van der Waals surface area contributed by atoms with Crippen LogP contribution in [0.1, 0.15) is 37.5 Å². The van der Waals surface area contributed by atoms with Crippen molar-refractivity contribution in [3.05, 3.63) is 46.4 Å². The predicted molar refractivity (Wildman–Crippen MR) is 115 cm³/mol. The average Bonchev–Trinajstić information content (AvgIpc) is 3.50. The Labute approximate surface area is 178 Å². The van der Waals surface area contributed by atoms with Crippen LogP contribution in [0.2, 0.25) is 0 Å².